The Morgan fingerprint density at radius 3 is 2.50 bits per heavy atom. The predicted molar refractivity (Wildman–Crippen MR) is 65.6 cm³/mol. The molecular formula is C14H20O2. The number of carboxylic acids is 1. The average Bonchev–Trinajstić information content (AvgIpc) is 2.29. The summed E-state index contributed by atoms with van der Waals surface area (Å²) in [5.74, 6) is -0.172. The first kappa shape index (κ1) is 12.8. The summed E-state index contributed by atoms with van der Waals surface area (Å²) in [4.78, 5) is 10.5. The molecule has 0 bridgehead atoms. The van der Waals surface area contributed by atoms with Crippen molar-refractivity contribution < 1.29 is 9.90 Å². The Labute approximate surface area is 97.3 Å². The third-order valence-corrected chi connectivity index (χ3v) is 2.85. The third-order valence-electron chi connectivity index (χ3n) is 2.85. The Bertz CT molecular complexity index is 306. The van der Waals surface area contributed by atoms with Crippen molar-refractivity contribution in [3.63, 3.8) is 0 Å². The number of carboxylic acid groups (broad SMARTS) is 1. The lowest BCUT2D eigenvalue weighted by molar-refractivity contribution is -0.137. The zero-order chi connectivity index (χ0) is 11.8. The fourth-order valence-corrected chi connectivity index (χ4v) is 2.05. The van der Waals surface area contributed by atoms with Gasteiger partial charge in [0.15, 0.2) is 0 Å². The Balaban J connectivity index is 2.51. The Morgan fingerprint density at radius 2 is 1.94 bits per heavy atom. The maximum atomic E-state index is 10.5. The molecule has 0 aromatic heterocycles. The first-order valence-electron chi connectivity index (χ1n) is 6.00. The highest BCUT2D eigenvalue weighted by Gasteiger charge is 2.10. The maximum absolute atomic E-state index is 10.5. The van der Waals surface area contributed by atoms with Gasteiger partial charge in [-0.2, -0.15) is 0 Å². The van der Waals surface area contributed by atoms with Crippen molar-refractivity contribution in [1.82, 2.24) is 0 Å². The molecule has 0 radical (unpaired) electrons. The van der Waals surface area contributed by atoms with Crippen LogP contribution in [0.5, 0.6) is 0 Å². The van der Waals surface area contributed by atoms with Gasteiger partial charge in [0.1, 0.15) is 0 Å². The SMILES string of the molecule is CCC[C@@H](CCCC(=O)O)c1ccccc1. The zero-order valence-corrected chi connectivity index (χ0v) is 9.86. The highest BCUT2D eigenvalue weighted by atomic mass is 16.4. The largest absolute Gasteiger partial charge is 0.481 e. The van der Waals surface area contributed by atoms with Crippen LogP contribution >= 0.6 is 0 Å². The second kappa shape index (κ2) is 7.04. The summed E-state index contributed by atoms with van der Waals surface area (Å²) in [5, 5.41) is 8.63. The van der Waals surface area contributed by atoms with Crippen LogP contribution in [0.3, 0.4) is 0 Å². The van der Waals surface area contributed by atoms with Crippen LogP contribution in [0.4, 0.5) is 0 Å². The van der Waals surface area contributed by atoms with Crippen LogP contribution in [0.15, 0.2) is 30.3 Å². The summed E-state index contributed by atoms with van der Waals surface area (Å²) >= 11 is 0. The molecule has 16 heavy (non-hydrogen) atoms. The summed E-state index contributed by atoms with van der Waals surface area (Å²) in [6.45, 7) is 2.17. The van der Waals surface area contributed by atoms with Gasteiger partial charge in [0, 0.05) is 6.42 Å². The van der Waals surface area contributed by atoms with Crippen molar-refractivity contribution in [3.05, 3.63) is 35.9 Å². The van der Waals surface area contributed by atoms with Gasteiger partial charge in [0.05, 0.1) is 0 Å². The van der Waals surface area contributed by atoms with Gasteiger partial charge in [-0.25, -0.2) is 0 Å². The van der Waals surface area contributed by atoms with Gasteiger partial charge in [0.25, 0.3) is 0 Å². The van der Waals surface area contributed by atoms with Crippen molar-refractivity contribution in [2.24, 2.45) is 0 Å². The number of aliphatic carboxylic acids is 1. The fraction of sp³-hybridized carbons (Fsp3) is 0.500. The van der Waals surface area contributed by atoms with Crippen LogP contribution in [0.1, 0.15) is 50.5 Å². The molecule has 0 saturated heterocycles. The summed E-state index contributed by atoms with van der Waals surface area (Å²) in [5.41, 5.74) is 1.34. The fourth-order valence-electron chi connectivity index (χ4n) is 2.05. The Kier molecular flexibility index (Phi) is 5.62. The minimum Gasteiger partial charge on any atom is -0.481 e. The van der Waals surface area contributed by atoms with E-state index in [1.807, 2.05) is 6.07 Å². The molecule has 2 nitrogen and oxygen atoms in total. The minimum absolute atomic E-state index is 0.285. The van der Waals surface area contributed by atoms with Gasteiger partial charge < -0.3 is 5.11 Å². The summed E-state index contributed by atoms with van der Waals surface area (Å²) in [7, 11) is 0. The van der Waals surface area contributed by atoms with Crippen LogP contribution in [0.2, 0.25) is 0 Å². The van der Waals surface area contributed by atoms with E-state index in [0.717, 1.165) is 25.7 Å². The van der Waals surface area contributed by atoms with Crippen molar-refractivity contribution in [2.45, 2.75) is 44.9 Å². The molecule has 1 N–H and O–H groups in total. The first-order valence-corrected chi connectivity index (χ1v) is 6.00. The number of benzene rings is 1. The van der Waals surface area contributed by atoms with Crippen molar-refractivity contribution in [1.29, 1.82) is 0 Å². The van der Waals surface area contributed by atoms with Gasteiger partial charge in [-0.15, -0.1) is 0 Å². The van der Waals surface area contributed by atoms with E-state index in [0.29, 0.717) is 5.92 Å². The zero-order valence-electron chi connectivity index (χ0n) is 9.86. The second-order valence-corrected chi connectivity index (χ2v) is 4.18. The molecule has 88 valence electrons. The summed E-state index contributed by atoms with van der Waals surface area (Å²) < 4.78 is 0. The average molecular weight is 220 g/mol. The highest BCUT2D eigenvalue weighted by molar-refractivity contribution is 5.66. The van der Waals surface area contributed by atoms with Crippen LogP contribution in [-0.4, -0.2) is 11.1 Å². The maximum Gasteiger partial charge on any atom is 0.303 e. The van der Waals surface area contributed by atoms with Crippen LogP contribution in [0, 0.1) is 0 Å². The third kappa shape index (κ3) is 4.47. The molecule has 1 rings (SSSR count). The molecule has 1 aromatic carbocycles. The number of hydrogen-bond donors (Lipinski definition) is 1. The molecular weight excluding hydrogens is 200 g/mol. The van der Waals surface area contributed by atoms with Crippen molar-refractivity contribution in [2.75, 3.05) is 0 Å². The number of carbonyl (C=O) groups is 1. The lowest BCUT2D eigenvalue weighted by Gasteiger charge is -2.15. The van der Waals surface area contributed by atoms with Gasteiger partial charge in [-0.3, -0.25) is 4.79 Å². The Hall–Kier alpha value is -1.31. The first-order chi connectivity index (χ1) is 7.74. The Morgan fingerprint density at radius 1 is 1.25 bits per heavy atom. The van der Waals surface area contributed by atoms with E-state index in [1.165, 1.54) is 5.56 Å². The van der Waals surface area contributed by atoms with Gasteiger partial charge >= 0.3 is 5.97 Å². The number of rotatable bonds is 7. The van der Waals surface area contributed by atoms with E-state index in [4.69, 9.17) is 5.11 Å². The molecule has 0 saturated carbocycles. The van der Waals surface area contributed by atoms with E-state index in [-0.39, 0.29) is 6.42 Å². The monoisotopic (exact) mass is 220 g/mol. The molecule has 2 heteroatoms. The smallest absolute Gasteiger partial charge is 0.303 e. The topological polar surface area (TPSA) is 37.3 Å². The lowest BCUT2D eigenvalue weighted by Crippen LogP contribution is -2.01. The van der Waals surface area contributed by atoms with E-state index >= 15 is 0 Å². The minimum atomic E-state index is -0.691. The quantitative estimate of drug-likeness (QED) is 0.758. The molecule has 0 amide bonds. The molecule has 0 aliphatic heterocycles. The molecule has 1 atom stereocenters. The highest BCUT2D eigenvalue weighted by Crippen LogP contribution is 2.26. The van der Waals surface area contributed by atoms with Crippen LogP contribution in [-0.2, 0) is 4.79 Å². The number of hydrogen-bond acceptors (Lipinski definition) is 1. The van der Waals surface area contributed by atoms with Crippen LogP contribution < -0.4 is 0 Å². The van der Waals surface area contributed by atoms with E-state index in [1.54, 1.807) is 0 Å². The lowest BCUT2D eigenvalue weighted by atomic mass is 9.90. The van der Waals surface area contributed by atoms with E-state index in [9.17, 15) is 4.79 Å². The summed E-state index contributed by atoms with van der Waals surface area (Å²) in [6, 6.07) is 10.4. The standard InChI is InChI=1S/C14H20O2/c1-2-7-12(10-6-11-14(15)16)13-8-4-3-5-9-13/h3-5,8-9,12H,2,6-7,10-11H2,1H3,(H,15,16)/t12-/m0/s1. The van der Waals surface area contributed by atoms with Gasteiger partial charge in [0.2, 0.25) is 0 Å². The molecule has 1 aromatic rings. The second-order valence-electron chi connectivity index (χ2n) is 4.18. The molecule has 0 heterocycles. The van der Waals surface area contributed by atoms with E-state index in [2.05, 4.69) is 31.2 Å². The van der Waals surface area contributed by atoms with Gasteiger partial charge in [-0.05, 0) is 30.7 Å². The van der Waals surface area contributed by atoms with Gasteiger partial charge in [-0.1, -0.05) is 43.7 Å². The molecule has 0 aliphatic rings. The van der Waals surface area contributed by atoms with Crippen molar-refractivity contribution >= 4 is 5.97 Å². The molecule has 0 aliphatic carbocycles. The van der Waals surface area contributed by atoms with Crippen LogP contribution in [0.25, 0.3) is 0 Å². The molecule has 0 spiro atoms. The molecule has 0 fully saturated rings. The summed E-state index contributed by atoms with van der Waals surface area (Å²) in [6.07, 6.45) is 4.32. The predicted octanol–water partition coefficient (Wildman–Crippen LogP) is 3.83. The van der Waals surface area contributed by atoms with Crippen molar-refractivity contribution in [3.8, 4) is 0 Å². The van der Waals surface area contributed by atoms with E-state index < -0.39 is 5.97 Å². The molecule has 0 unspecified atom stereocenters. The normalized spacial score (nSPS) is 12.3.